The Morgan fingerprint density at radius 3 is 1.62 bits per heavy atom. The Hall–Kier alpha value is -5.89. The first-order valence-electron chi connectivity index (χ1n) is 20.9. The van der Waals surface area contributed by atoms with Crippen LogP contribution in [0.25, 0.3) is 0 Å². The van der Waals surface area contributed by atoms with Crippen LogP contribution < -0.4 is 32.1 Å². The van der Waals surface area contributed by atoms with Crippen molar-refractivity contribution in [3.63, 3.8) is 0 Å². The lowest BCUT2D eigenvalue weighted by molar-refractivity contribution is -0.161. The molecule has 0 spiro atoms. The molecule has 0 aromatic heterocycles. The number of halogens is 1. The van der Waals surface area contributed by atoms with Gasteiger partial charge in [0.15, 0.2) is 6.29 Å². The fourth-order valence-corrected chi connectivity index (χ4v) is 9.11. The van der Waals surface area contributed by atoms with Gasteiger partial charge in [0.05, 0.1) is 19.9 Å². The summed E-state index contributed by atoms with van der Waals surface area (Å²) < 4.78 is 16.3. The number of unbranched alkanes of at least 4 members (excludes halogenated alkanes) is 2. The second kappa shape index (κ2) is 35.6. The van der Waals surface area contributed by atoms with Gasteiger partial charge >= 0.3 is 0 Å². The normalized spacial score (nSPS) is 12.2. The number of phenols is 1. The number of primary amides is 2. The van der Waals surface area contributed by atoms with Gasteiger partial charge in [-0.3, -0.25) is 9.59 Å². The van der Waals surface area contributed by atoms with Gasteiger partial charge < -0.3 is 35.9 Å². The Morgan fingerprint density at radius 1 is 0.719 bits per heavy atom. The zero-order valence-electron chi connectivity index (χ0n) is 36.8. The monoisotopic (exact) mass is 949 g/mol. The van der Waals surface area contributed by atoms with E-state index in [4.69, 9.17) is 48.7 Å². The van der Waals surface area contributed by atoms with Crippen LogP contribution in [0.15, 0.2) is 140 Å². The standard InChI is InChI=1S/C19H18P.C12H13NO2.C8H15BrO2.C7H7NO2.C5H8O.C2H2/c1-20(17-11-5-2-6-12-17,18-13-7-3-8-14-18)19-15-9-4-10-16-19;1-2-3-4-8-15-11-7-5-6-10(9-11)12(13)14;9-5-3-7-11-8-4-1-2-6-10-8;8-7(10)5-2-1-3-6(9)4-5;1-2-3-4-5-6;1-2/h2-16H,1H3;1,5-7,9H,3-4,8H2,(H2,13,14);8H,1-7H2;1-4,9H,(H2,8,10);1,6H,3-5H2;1-2H/q+1;;;;;. The lowest BCUT2D eigenvalue weighted by Gasteiger charge is -2.22. The number of carbonyl (C=O) groups is 2. The molecule has 0 aliphatic carbocycles. The van der Waals surface area contributed by atoms with E-state index in [0.29, 0.717) is 36.3 Å². The van der Waals surface area contributed by atoms with E-state index < -0.39 is 19.1 Å². The van der Waals surface area contributed by atoms with Crippen LogP contribution in [-0.2, 0) is 9.47 Å². The average molecular weight is 951 g/mol. The Kier molecular flexibility index (Phi) is 31.2. The zero-order chi connectivity index (χ0) is 47.3. The average Bonchev–Trinajstić information content (AvgIpc) is 3.35. The SMILES string of the molecule is BrCCCOC1CCCCO1.C#C.C#CCCCO.C#CCCCOc1cccc(C(N)=O)c1.C[P+](c1ccccc1)(c1ccccc1)c1ccccc1.NC(=O)c1cccc(O)c1. The van der Waals surface area contributed by atoms with Crippen LogP contribution in [0.2, 0.25) is 0 Å². The molecule has 338 valence electrons. The number of hydrogen-bond acceptors (Lipinski definition) is 7. The zero-order valence-corrected chi connectivity index (χ0v) is 39.3. The van der Waals surface area contributed by atoms with Gasteiger partial charge in [-0.1, -0.05) is 82.7 Å². The third kappa shape index (κ3) is 23.0. The van der Waals surface area contributed by atoms with Crippen molar-refractivity contribution in [2.75, 3.05) is 38.4 Å². The summed E-state index contributed by atoms with van der Waals surface area (Å²) in [7, 11) is -1.53. The van der Waals surface area contributed by atoms with Gasteiger partial charge in [-0.25, -0.2) is 0 Å². The molecular weight excluding hydrogens is 887 g/mol. The molecule has 1 fully saturated rings. The van der Waals surface area contributed by atoms with Crippen LogP contribution in [-0.4, -0.2) is 66.7 Å². The Morgan fingerprint density at radius 2 is 1.22 bits per heavy atom. The van der Waals surface area contributed by atoms with E-state index in [2.05, 4.69) is 138 Å². The molecule has 5 aromatic rings. The first-order valence-corrected chi connectivity index (χ1v) is 24.2. The molecule has 6 N–H and O–H groups in total. The molecule has 11 heteroatoms. The fourth-order valence-electron chi connectivity index (χ4n) is 5.68. The third-order valence-corrected chi connectivity index (χ3v) is 13.6. The first-order chi connectivity index (χ1) is 31.1. The van der Waals surface area contributed by atoms with Crippen molar-refractivity contribution in [3.05, 3.63) is 151 Å². The van der Waals surface area contributed by atoms with E-state index >= 15 is 0 Å². The molecule has 1 heterocycles. The molecule has 64 heavy (non-hydrogen) atoms. The number of hydrogen-bond donors (Lipinski definition) is 4. The lowest BCUT2D eigenvalue weighted by atomic mass is 10.2. The van der Waals surface area contributed by atoms with E-state index in [1.807, 2.05) is 0 Å². The van der Waals surface area contributed by atoms with Crippen LogP contribution in [0.1, 0.15) is 72.1 Å². The van der Waals surface area contributed by atoms with Crippen molar-refractivity contribution in [2.24, 2.45) is 11.5 Å². The van der Waals surface area contributed by atoms with Crippen molar-refractivity contribution in [1.29, 1.82) is 0 Å². The van der Waals surface area contributed by atoms with Crippen LogP contribution in [0.5, 0.6) is 11.5 Å². The largest absolute Gasteiger partial charge is 0.508 e. The van der Waals surface area contributed by atoms with Crippen molar-refractivity contribution < 1.29 is 34.0 Å². The predicted octanol–water partition coefficient (Wildman–Crippen LogP) is 8.64. The second-order valence-corrected chi connectivity index (χ2v) is 18.1. The van der Waals surface area contributed by atoms with E-state index in [-0.39, 0.29) is 18.6 Å². The second-order valence-electron chi connectivity index (χ2n) is 13.7. The minimum atomic E-state index is -1.53. The topological polar surface area (TPSA) is 154 Å². The molecule has 1 aliphatic heterocycles. The number of aromatic hydroxyl groups is 1. The third-order valence-electron chi connectivity index (χ3n) is 9.00. The molecule has 9 nitrogen and oxygen atoms in total. The number of aliphatic hydroxyl groups is 1. The summed E-state index contributed by atoms with van der Waals surface area (Å²) in [5.41, 5.74) is 10.8. The van der Waals surface area contributed by atoms with Crippen LogP contribution in [0.4, 0.5) is 0 Å². The van der Waals surface area contributed by atoms with Gasteiger partial charge in [0, 0.05) is 42.5 Å². The number of benzene rings is 5. The molecule has 0 radical (unpaired) electrons. The quantitative estimate of drug-likeness (QED) is 0.0355. The fraction of sp³-hybridized carbons (Fsp3) is 0.283. The number of amides is 2. The first kappa shape index (κ1) is 56.1. The molecular formula is C53H63BrN2O7P+. The maximum atomic E-state index is 10.9. The van der Waals surface area contributed by atoms with Gasteiger partial charge in [0.25, 0.3) is 0 Å². The van der Waals surface area contributed by atoms with Crippen LogP contribution in [0.3, 0.4) is 0 Å². The number of nitrogens with two attached hydrogens (primary N) is 2. The summed E-state index contributed by atoms with van der Waals surface area (Å²) >= 11 is 3.35. The van der Waals surface area contributed by atoms with E-state index in [1.54, 1.807) is 36.4 Å². The van der Waals surface area contributed by atoms with Crippen molar-refractivity contribution in [1.82, 2.24) is 0 Å². The minimum Gasteiger partial charge on any atom is -0.508 e. The Labute approximate surface area is 390 Å². The molecule has 0 saturated carbocycles. The van der Waals surface area contributed by atoms with Gasteiger partial charge in [0.1, 0.15) is 34.7 Å². The molecule has 1 aliphatic rings. The van der Waals surface area contributed by atoms with Gasteiger partial charge in [-0.05, 0) is 111 Å². The summed E-state index contributed by atoms with van der Waals surface area (Å²) in [4.78, 5) is 21.3. The smallest absolute Gasteiger partial charge is 0.248 e. The van der Waals surface area contributed by atoms with E-state index in [0.717, 1.165) is 44.2 Å². The summed E-state index contributed by atoms with van der Waals surface area (Å²) in [5, 5.41) is 22.3. The summed E-state index contributed by atoms with van der Waals surface area (Å²) in [6.45, 7) is 4.86. The number of aliphatic hydroxyl groups excluding tert-OH is 1. The van der Waals surface area contributed by atoms with Crippen LogP contribution in [0, 0.1) is 37.5 Å². The predicted molar refractivity (Wildman–Crippen MR) is 269 cm³/mol. The number of phenolic OH excluding ortho intramolecular Hbond substituents is 1. The number of terminal acetylenes is 3. The highest BCUT2D eigenvalue weighted by Gasteiger charge is 2.39. The molecule has 1 atom stereocenters. The molecule has 5 aromatic carbocycles. The highest BCUT2D eigenvalue weighted by molar-refractivity contribution is 9.09. The van der Waals surface area contributed by atoms with E-state index in [1.165, 1.54) is 40.9 Å². The summed E-state index contributed by atoms with van der Waals surface area (Å²) in [5.74, 6) is 4.65. The van der Waals surface area contributed by atoms with E-state index in [9.17, 15) is 9.59 Å². The molecule has 6 rings (SSSR count). The number of rotatable bonds is 15. The molecule has 0 bridgehead atoms. The highest BCUT2D eigenvalue weighted by Crippen LogP contribution is 2.51. The number of ether oxygens (including phenoxy) is 3. The molecule has 2 amide bonds. The van der Waals surface area contributed by atoms with Crippen molar-refractivity contribution in [3.8, 4) is 49.0 Å². The molecule has 1 saturated heterocycles. The maximum Gasteiger partial charge on any atom is 0.248 e. The lowest BCUT2D eigenvalue weighted by Crippen LogP contribution is -2.30. The van der Waals surface area contributed by atoms with Crippen molar-refractivity contribution >= 4 is 50.9 Å². The Balaban J connectivity index is 0.000000416. The van der Waals surface area contributed by atoms with Crippen LogP contribution >= 0.6 is 23.2 Å². The number of carbonyl (C=O) groups excluding carboxylic acids is 2. The van der Waals surface area contributed by atoms with Crippen molar-refractivity contribution in [2.45, 2.75) is 57.7 Å². The maximum absolute atomic E-state index is 10.9. The highest BCUT2D eigenvalue weighted by atomic mass is 79.9. The minimum absolute atomic E-state index is 0.0521. The summed E-state index contributed by atoms with van der Waals surface area (Å²) in [6, 6.07) is 45.3. The summed E-state index contributed by atoms with van der Waals surface area (Å²) in [6.07, 6.45) is 25.5. The van der Waals surface area contributed by atoms with Gasteiger partial charge in [-0.2, -0.15) is 0 Å². The Bertz CT molecular complexity index is 2000. The molecule has 1 unspecified atom stereocenters. The van der Waals surface area contributed by atoms with Gasteiger partial charge in [-0.15, -0.1) is 37.5 Å². The van der Waals surface area contributed by atoms with Gasteiger partial charge in [0.2, 0.25) is 11.8 Å². The number of alkyl halides is 1.